The van der Waals surface area contributed by atoms with Gasteiger partial charge in [-0.3, -0.25) is 0 Å². The number of rotatable bonds is 4. The number of benzene rings is 1. The van der Waals surface area contributed by atoms with Crippen molar-refractivity contribution in [2.75, 3.05) is 11.5 Å². The molecule has 3 heterocycles. The van der Waals surface area contributed by atoms with E-state index in [-0.39, 0.29) is 0 Å². The van der Waals surface area contributed by atoms with Crippen molar-refractivity contribution in [1.29, 1.82) is 0 Å². The minimum atomic E-state index is 0.558. The summed E-state index contributed by atoms with van der Waals surface area (Å²) in [4.78, 5) is 8.66. The first-order valence-corrected chi connectivity index (χ1v) is 10.0. The van der Waals surface area contributed by atoms with Crippen molar-refractivity contribution < 1.29 is 0 Å². The molecule has 5 nitrogen and oxygen atoms in total. The summed E-state index contributed by atoms with van der Waals surface area (Å²) in [5.74, 6) is 1.96. The second kappa shape index (κ2) is 6.82. The molecule has 2 unspecified atom stereocenters. The number of nitrogens with two attached hydrogens (primary N) is 2. The van der Waals surface area contributed by atoms with E-state index in [1.54, 1.807) is 6.20 Å². The average molecular weight is 371 g/mol. The van der Waals surface area contributed by atoms with Gasteiger partial charge in [0.05, 0.1) is 11.0 Å². The van der Waals surface area contributed by atoms with Gasteiger partial charge in [-0.15, -0.1) is 0 Å². The number of pyridine rings is 2. The van der Waals surface area contributed by atoms with Crippen LogP contribution in [0, 0.1) is 5.92 Å². The van der Waals surface area contributed by atoms with Gasteiger partial charge in [-0.2, -0.15) is 0 Å². The molecule has 5 heteroatoms. The van der Waals surface area contributed by atoms with Gasteiger partial charge in [-0.1, -0.05) is 12.1 Å². The molecule has 0 aliphatic heterocycles. The van der Waals surface area contributed by atoms with Crippen LogP contribution in [0.15, 0.2) is 54.9 Å². The minimum Gasteiger partial charge on any atom is -0.384 e. The third kappa shape index (κ3) is 3.07. The van der Waals surface area contributed by atoms with Crippen molar-refractivity contribution in [3.05, 3.63) is 60.4 Å². The van der Waals surface area contributed by atoms with E-state index >= 15 is 0 Å². The van der Waals surface area contributed by atoms with Crippen LogP contribution in [0.25, 0.3) is 21.8 Å². The van der Waals surface area contributed by atoms with E-state index < -0.39 is 0 Å². The van der Waals surface area contributed by atoms with E-state index in [4.69, 9.17) is 11.5 Å². The molecule has 1 aliphatic rings. The van der Waals surface area contributed by atoms with Gasteiger partial charge in [0.15, 0.2) is 0 Å². The number of aryl methyl sites for hydroxylation is 1. The Bertz CT molecular complexity index is 1150. The van der Waals surface area contributed by atoms with Gasteiger partial charge in [0.25, 0.3) is 0 Å². The Morgan fingerprint density at radius 1 is 1.04 bits per heavy atom. The van der Waals surface area contributed by atoms with Crippen LogP contribution >= 0.6 is 0 Å². The summed E-state index contributed by atoms with van der Waals surface area (Å²) in [5.41, 5.74) is 15.4. The molecule has 1 aromatic carbocycles. The van der Waals surface area contributed by atoms with Crippen LogP contribution in [0.3, 0.4) is 0 Å². The van der Waals surface area contributed by atoms with Crippen LogP contribution in [0.4, 0.5) is 11.6 Å². The first kappa shape index (κ1) is 17.0. The Morgan fingerprint density at radius 3 is 2.86 bits per heavy atom. The van der Waals surface area contributed by atoms with Crippen molar-refractivity contribution >= 4 is 33.4 Å². The first-order valence-electron chi connectivity index (χ1n) is 10.0. The van der Waals surface area contributed by atoms with Gasteiger partial charge in [-0.25, -0.2) is 9.97 Å². The quantitative estimate of drug-likeness (QED) is 0.543. The largest absolute Gasteiger partial charge is 0.384 e. The lowest BCUT2D eigenvalue weighted by Gasteiger charge is -2.15. The molecule has 0 radical (unpaired) electrons. The molecule has 0 spiro atoms. The highest BCUT2D eigenvalue weighted by atomic mass is 15.0. The number of aromatic nitrogens is 3. The lowest BCUT2D eigenvalue weighted by molar-refractivity contribution is 0.462. The van der Waals surface area contributed by atoms with E-state index in [1.807, 2.05) is 12.1 Å². The topological polar surface area (TPSA) is 82.8 Å². The molecule has 0 bridgehead atoms. The fourth-order valence-electron chi connectivity index (χ4n) is 4.70. The van der Waals surface area contributed by atoms with Crippen LogP contribution in [0.2, 0.25) is 0 Å². The van der Waals surface area contributed by atoms with Gasteiger partial charge in [0, 0.05) is 29.2 Å². The standard InChI is InChI=1S/C23H25N5/c24-22-8-6-17-5-3-16(14-20(17)27-22)2-1-15-4-7-18(13-15)28-12-10-19-21(28)9-11-26-23(19)25/h3,5-6,8-12,14-15,18H,1-2,4,7,13H2,(H2,24,27)(H2,25,26). The predicted molar refractivity (Wildman–Crippen MR) is 115 cm³/mol. The maximum Gasteiger partial charge on any atom is 0.132 e. The van der Waals surface area contributed by atoms with E-state index in [9.17, 15) is 0 Å². The molecule has 28 heavy (non-hydrogen) atoms. The minimum absolute atomic E-state index is 0.558. The zero-order valence-electron chi connectivity index (χ0n) is 15.9. The SMILES string of the molecule is Nc1ccc2ccc(CCC3CCC(n4ccc5c(N)nccc54)C3)cc2n1. The number of hydrogen-bond donors (Lipinski definition) is 2. The molecule has 1 fully saturated rings. The van der Waals surface area contributed by atoms with Crippen LogP contribution < -0.4 is 11.5 Å². The molecule has 2 atom stereocenters. The summed E-state index contributed by atoms with van der Waals surface area (Å²) in [6.45, 7) is 0. The number of fused-ring (bicyclic) bond motifs is 2. The summed E-state index contributed by atoms with van der Waals surface area (Å²) in [7, 11) is 0. The monoisotopic (exact) mass is 371 g/mol. The van der Waals surface area contributed by atoms with E-state index in [0.29, 0.717) is 17.7 Å². The van der Waals surface area contributed by atoms with Crippen molar-refractivity contribution in [2.24, 2.45) is 5.92 Å². The molecule has 4 N–H and O–H groups in total. The second-order valence-electron chi connectivity index (χ2n) is 7.99. The Kier molecular flexibility index (Phi) is 4.15. The van der Waals surface area contributed by atoms with Crippen LogP contribution in [-0.2, 0) is 6.42 Å². The van der Waals surface area contributed by atoms with Crippen molar-refractivity contribution in [1.82, 2.24) is 14.5 Å². The third-order valence-corrected chi connectivity index (χ3v) is 6.20. The summed E-state index contributed by atoms with van der Waals surface area (Å²) in [6.07, 6.45) is 10.0. The smallest absolute Gasteiger partial charge is 0.132 e. The Balaban J connectivity index is 1.27. The Morgan fingerprint density at radius 2 is 1.93 bits per heavy atom. The molecule has 5 rings (SSSR count). The summed E-state index contributed by atoms with van der Waals surface area (Å²) < 4.78 is 2.40. The molecule has 142 valence electrons. The summed E-state index contributed by atoms with van der Waals surface area (Å²) in [5, 5.41) is 2.21. The molecule has 0 saturated heterocycles. The maximum absolute atomic E-state index is 6.02. The highest BCUT2D eigenvalue weighted by Gasteiger charge is 2.26. The van der Waals surface area contributed by atoms with Gasteiger partial charge < -0.3 is 16.0 Å². The van der Waals surface area contributed by atoms with Crippen LogP contribution in [0.5, 0.6) is 0 Å². The highest BCUT2D eigenvalue weighted by Crippen LogP contribution is 2.39. The Labute approximate surface area is 164 Å². The summed E-state index contributed by atoms with van der Waals surface area (Å²) >= 11 is 0. The molecule has 4 aromatic rings. The zero-order valence-corrected chi connectivity index (χ0v) is 15.9. The van der Waals surface area contributed by atoms with E-state index in [0.717, 1.165) is 28.6 Å². The lowest BCUT2D eigenvalue weighted by atomic mass is 9.97. The van der Waals surface area contributed by atoms with Crippen molar-refractivity contribution in [3.8, 4) is 0 Å². The van der Waals surface area contributed by atoms with E-state index in [2.05, 4.69) is 51.1 Å². The number of anilines is 2. The molecular formula is C23H25N5. The molecule has 1 saturated carbocycles. The van der Waals surface area contributed by atoms with Gasteiger partial charge >= 0.3 is 0 Å². The summed E-state index contributed by atoms with van der Waals surface area (Å²) in [6, 6.07) is 15.2. The normalized spacial score (nSPS) is 19.6. The van der Waals surface area contributed by atoms with Gasteiger partial charge in [0.1, 0.15) is 11.6 Å². The second-order valence-corrected chi connectivity index (χ2v) is 7.99. The fraction of sp³-hybridized carbons (Fsp3) is 0.304. The third-order valence-electron chi connectivity index (χ3n) is 6.20. The maximum atomic E-state index is 6.02. The highest BCUT2D eigenvalue weighted by molar-refractivity contribution is 5.89. The van der Waals surface area contributed by atoms with Gasteiger partial charge in [0.2, 0.25) is 0 Å². The number of hydrogen-bond acceptors (Lipinski definition) is 4. The van der Waals surface area contributed by atoms with E-state index in [1.165, 1.54) is 36.8 Å². The molecule has 0 amide bonds. The Hall–Kier alpha value is -3.08. The predicted octanol–water partition coefficient (Wildman–Crippen LogP) is 4.72. The van der Waals surface area contributed by atoms with Crippen LogP contribution in [-0.4, -0.2) is 14.5 Å². The number of nitrogens with zero attached hydrogens (tertiary/aromatic N) is 3. The average Bonchev–Trinajstić information content (AvgIpc) is 3.33. The van der Waals surface area contributed by atoms with Crippen molar-refractivity contribution in [3.63, 3.8) is 0 Å². The number of nitrogen functional groups attached to an aromatic ring is 2. The van der Waals surface area contributed by atoms with Crippen molar-refractivity contribution in [2.45, 2.75) is 38.1 Å². The molecule has 3 aromatic heterocycles. The molecular weight excluding hydrogens is 346 g/mol. The first-order chi connectivity index (χ1) is 13.7. The lowest BCUT2D eigenvalue weighted by Crippen LogP contribution is -2.05. The fourth-order valence-corrected chi connectivity index (χ4v) is 4.70. The zero-order chi connectivity index (χ0) is 19.1. The molecule has 1 aliphatic carbocycles. The van der Waals surface area contributed by atoms with Gasteiger partial charge in [-0.05, 0) is 73.9 Å². The van der Waals surface area contributed by atoms with Crippen LogP contribution in [0.1, 0.15) is 37.3 Å².